The Kier molecular flexibility index (Phi) is 46.6. The summed E-state index contributed by atoms with van der Waals surface area (Å²) in [7, 11) is 1.09. The van der Waals surface area contributed by atoms with Crippen LogP contribution >= 0.6 is 7.82 Å². The lowest BCUT2D eigenvalue weighted by atomic mass is 10.1. The molecule has 0 aliphatic rings. The van der Waals surface area contributed by atoms with E-state index >= 15 is 0 Å². The molecule has 400 valence electrons. The topological polar surface area (TPSA) is 114 Å². The maximum atomic E-state index is 13.4. The summed E-state index contributed by atoms with van der Waals surface area (Å²) in [4.78, 5) is 39.8. The highest BCUT2D eigenvalue weighted by Gasteiger charge is 2.27. The second-order valence-electron chi connectivity index (χ2n) is 18.8. The number of carbonyl (C=O) groups is 2. The lowest BCUT2D eigenvalue weighted by Gasteiger charge is -2.30. The summed E-state index contributed by atoms with van der Waals surface area (Å²) in [5, 5.41) is 2.96. The van der Waals surface area contributed by atoms with Gasteiger partial charge in [0.25, 0.3) is 7.82 Å². The number of quaternary nitrogens is 1. The Morgan fingerprint density at radius 3 is 1.54 bits per heavy atom. The molecule has 9 nitrogen and oxygen atoms in total. The number of nitrogens with zero attached hydrogens (tertiary/aromatic N) is 1. The van der Waals surface area contributed by atoms with Crippen LogP contribution in [0.3, 0.4) is 0 Å². The first kappa shape index (κ1) is 66.9. The molecule has 3 atom stereocenters. The van der Waals surface area contributed by atoms with Crippen LogP contribution in [0.15, 0.2) is 146 Å². The van der Waals surface area contributed by atoms with Gasteiger partial charge in [0, 0.05) is 12.8 Å². The summed E-state index contributed by atoms with van der Waals surface area (Å²) in [6.07, 6.45) is 71.1. The van der Waals surface area contributed by atoms with Gasteiger partial charge in [0.05, 0.1) is 33.8 Å². The molecule has 0 aliphatic heterocycles. The van der Waals surface area contributed by atoms with Crippen molar-refractivity contribution in [3.05, 3.63) is 146 Å². The van der Waals surface area contributed by atoms with Crippen molar-refractivity contribution in [3.8, 4) is 0 Å². The maximum Gasteiger partial charge on any atom is 0.306 e. The van der Waals surface area contributed by atoms with Crippen molar-refractivity contribution in [2.45, 2.75) is 187 Å². The van der Waals surface area contributed by atoms with Crippen molar-refractivity contribution >= 4 is 19.7 Å². The minimum absolute atomic E-state index is 0.0498. The smallest absolute Gasteiger partial charge is 0.306 e. The number of nitrogens with one attached hydrogen (secondary N) is 1. The molecule has 0 radical (unpaired) electrons. The minimum Gasteiger partial charge on any atom is -0.756 e. The van der Waals surface area contributed by atoms with Gasteiger partial charge < -0.3 is 28.5 Å². The van der Waals surface area contributed by atoms with Gasteiger partial charge in [0.15, 0.2) is 0 Å². The van der Waals surface area contributed by atoms with Crippen molar-refractivity contribution in [2.24, 2.45) is 0 Å². The van der Waals surface area contributed by atoms with Crippen molar-refractivity contribution in [1.29, 1.82) is 0 Å². The molecule has 10 heteroatoms. The van der Waals surface area contributed by atoms with Gasteiger partial charge in [-0.05, 0) is 89.5 Å². The van der Waals surface area contributed by atoms with E-state index in [1.54, 1.807) is 6.08 Å². The number of hydrogen-bond acceptors (Lipinski definition) is 7. The summed E-state index contributed by atoms with van der Waals surface area (Å²) in [6, 6.07) is -0.947. The van der Waals surface area contributed by atoms with Crippen LogP contribution in [0.2, 0.25) is 0 Å². The standard InChI is InChI=1S/C61H99N2O7P/c1-7-10-13-16-19-22-25-27-29-31-33-35-38-41-44-47-50-53-60(64)62-58(57-69-71(66,67)68-56-55-63(4,5)6)59(52-49-46-43-40-37-24-21-18-15-12-9-3)70-61(65)54-51-48-45-42-39-36-34-32-30-28-26-23-20-17-14-11-8-2/h10-11,13-14,17,19-20,22-23,26-30,32-36,39,41,44,49,52,58-59H,7-9,12,15-16,18,21,24-25,31,37-38,40,42-43,45-48,50-51,53-57H2,1-6H3,(H-,62,64,66,67)/b13-10-,14-11-,20-17+,22-19-,26-23+,29-27-,30-28-,34-32+,35-33-,39-36+,44-41-,52-49+. The summed E-state index contributed by atoms with van der Waals surface area (Å²) in [6.45, 7) is 6.45. The van der Waals surface area contributed by atoms with E-state index in [4.69, 9.17) is 13.8 Å². The van der Waals surface area contributed by atoms with Gasteiger partial charge in [-0.1, -0.05) is 218 Å². The first-order chi connectivity index (χ1) is 34.4. The normalized spacial score (nSPS) is 15.0. The van der Waals surface area contributed by atoms with Gasteiger partial charge in [-0.15, -0.1) is 0 Å². The highest BCUT2D eigenvalue weighted by molar-refractivity contribution is 7.45. The molecule has 0 bridgehead atoms. The van der Waals surface area contributed by atoms with Crippen LogP contribution in [0.25, 0.3) is 0 Å². The number of allylic oxidation sites excluding steroid dienone is 23. The quantitative estimate of drug-likeness (QED) is 0.0161. The third-order valence-corrected chi connectivity index (χ3v) is 11.9. The fourth-order valence-corrected chi connectivity index (χ4v) is 7.49. The largest absolute Gasteiger partial charge is 0.756 e. The average molecular weight is 1000 g/mol. The monoisotopic (exact) mass is 1000 g/mol. The van der Waals surface area contributed by atoms with Crippen LogP contribution in [-0.2, 0) is 27.9 Å². The Morgan fingerprint density at radius 2 is 0.986 bits per heavy atom. The predicted molar refractivity (Wildman–Crippen MR) is 302 cm³/mol. The zero-order chi connectivity index (χ0) is 52.2. The van der Waals surface area contributed by atoms with Gasteiger partial charge in [0.2, 0.25) is 5.91 Å². The van der Waals surface area contributed by atoms with Gasteiger partial charge in [0.1, 0.15) is 19.3 Å². The molecular weight excluding hydrogens is 904 g/mol. The Morgan fingerprint density at radius 1 is 0.521 bits per heavy atom. The molecule has 0 saturated carbocycles. The molecule has 0 saturated heterocycles. The number of unbranched alkanes of at least 4 members (excludes halogenated alkanes) is 13. The van der Waals surface area contributed by atoms with E-state index in [1.807, 2.05) is 88.0 Å². The zero-order valence-corrected chi connectivity index (χ0v) is 46.2. The van der Waals surface area contributed by atoms with Crippen LogP contribution in [-0.4, -0.2) is 69.4 Å². The lowest BCUT2D eigenvalue weighted by Crippen LogP contribution is -2.47. The number of likely N-dealkylation sites (N-methyl/N-ethyl adjacent to an activating group) is 1. The maximum absolute atomic E-state index is 13.4. The molecular formula is C61H99N2O7P. The molecule has 0 rings (SSSR count). The van der Waals surface area contributed by atoms with Crippen molar-refractivity contribution in [1.82, 2.24) is 5.32 Å². The Hall–Kier alpha value is -4.11. The highest BCUT2D eigenvalue weighted by Crippen LogP contribution is 2.38. The number of rotatable bonds is 46. The fourth-order valence-electron chi connectivity index (χ4n) is 6.76. The number of hydrogen-bond donors (Lipinski definition) is 1. The SMILES string of the molecule is CC\C=C/C=C/C=C/C=C\C=C\C=C\CCCCCC(=O)OC(/C=C/CCCCCCCCCCC)C(COP(=O)([O-])OCC[N+](C)(C)C)NC(=O)CCC/C=C\C/C=C\C/C=C\C/C=C\C/C=C\CC. The second kappa shape index (κ2) is 49.5. The highest BCUT2D eigenvalue weighted by atomic mass is 31.2. The van der Waals surface area contributed by atoms with E-state index in [9.17, 15) is 19.0 Å². The van der Waals surface area contributed by atoms with E-state index in [0.29, 0.717) is 30.3 Å². The van der Waals surface area contributed by atoms with Gasteiger partial charge >= 0.3 is 5.97 Å². The minimum atomic E-state index is -4.73. The van der Waals surface area contributed by atoms with E-state index in [0.717, 1.165) is 77.0 Å². The number of ether oxygens (including phenoxy) is 1. The third-order valence-electron chi connectivity index (χ3n) is 10.9. The first-order valence-corrected chi connectivity index (χ1v) is 28.7. The van der Waals surface area contributed by atoms with E-state index < -0.39 is 32.5 Å². The van der Waals surface area contributed by atoms with Crippen molar-refractivity contribution in [3.63, 3.8) is 0 Å². The number of amides is 1. The summed E-state index contributed by atoms with van der Waals surface area (Å²) in [5.74, 6) is -0.678. The number of phosphoric ester groups is 1. The second-order valence-corrected chi connectivity index (χ2v) is 20.2. The van der Waals surface area contributed by atoms with Crippen molar-refractivity contribution in [2.75, 3.05) is 40.9 Å². The Balaban J connectivity index is 5.58. The molecule has 0 heterocycles. The Bertz CT molecular complexity index is 1720. The van der Waals surface area contributed by atoms with E-state index in [-0.39, 0.29) is 25.4 Å². The van der Waals surface area contributed by atoms with Crippen LogP contribution in [0.5, 0.6) is 0 Å². The van der Waals surface area contributed by atoms with Gasteiger partial charge in [-0.3, -0.25) is 14.2 Å². The molecule has 0 aromatic heterocycles. The van der Waals surface area contributed by atoms with E-state index in [2.05, 4.69) is 99.0 Å². The summed E-state index contributed by atoms with van der Waals surface area (Å²) in [5.41, 5.74) is 0. The molecule has 0 aliphatic carbocycles. The van der Waals surface area contributed by atoms with Crippen LogP contribution in [0.1, 0.15) is 175 Å². The van der Waals surface area contributed by atoms with Gasteiger partial charge in [-0.25, -0.2) is 0 Å². The molecule has 1 N–H and O–H groups in total. The fraction of sp³-hybridized carbons (Fsp3) is 0.574. The first-order valence-electron chi connectivity index (χ1n) is 27.2. The molecule has 0 aromatic rings. The van der Waals surface area contributed by atoms with Gasteiger partial charge in [-0.2, -0.15) is 0 Å². The van der Waals surface area contributed by atoms with Crippen molar-refractivity contribution < 1.29 is 37.3 Å². The molecule has 71 heavy (non-hydrogen) atoms. The Labute approximate surface area is 434 Å². The predicted octanol–water partition coefficient (Wildman–Crippen LogP) is 15.7. The number of esters is 1. The summed E-state index contributed by atoms with van der Waals surface area (Å²) < 4.78 is 30.1. The molecule has 3 unspecified atom stereocenters. The molecule has 1 amide bonds. The van der Waals surface area contributed by atoms with E-state index in [1.165, 1.54) is 44.9 Å². The van der Waals surface area contributed by atoms with Crippen LogP contribution in [0, 0.1) is 0 Å². The van der Waals surface area contributed by atoms with Crippen LogP contribution < -0.4 is 10.2 Å². The zero-order valence-electron chi connectivity index (χ0n) is 45.4. The third kappa shape index (κ3) is 50.6. The number of phosphoric acid groups is 1. The molecule has 0 aromatic carbocycles. The summed E-state index contributed by atoms with van der Waals surface area (Å²) >= 11 is 0. The van der Waals surface area contributed by atoms with Crippen LogP contribution in [0.4, 0.5) is 0 Å². The molecule has 0 spiro atoms. The number of carbonyl (C=O) groups excluding carboxylic acids is 2. The molecule has 0 fully saturated rings. The average Bonchev–Trinajstić information content (AvgIpc) is 3.33. The lowest BCUT2D eigenvalue weighted by molar-refractivity contribution is -0.870.